The van der Waals surface area contributed by atoms with Crippen molar-refractivity contribution < 1.29 is 19.1 Å². The molecule has 14 heavy (non-hydrogen) atoms. The predicted octanol–water partition coefficient (Wildman–Crippen LogP) is 0.692. The minimum absolute atomic E-state index is 0.0561. The van der Waals surface area contributed by atoms with E-state index in [2.05, 4.69) is 9.64 Å². The largest absolute Gasteiger partial charge is 0.707 e. The van der Waals surface area contributed by atoms with Crippen LogP contribution in [0.2, 0.25) is 0 Å². The van der Waals surface area contributed by atoms with Crippen molar-refractivity contribution >= 4 is 7.32 Å². The number of aromatic nitrogens is 1. The van der Waals surface area contributed by atoms with Gasteiger partial charge in [0.15, 0.2) is 11.6 Å². The fraction of sp³-hybridized carbons (Fsp3) is 0.375. The molecule has 1 rings (SSSR count). The van der Waals surface area contributed by atoms with Crippen LogP contribution in [0.5, 0.6) is 5.75 Å². The Labute approximate surface area is 81.5 Å². The van der Waals surface area contributed by atoms with Gasteiger partial charge < -0.3 is 14.7 Å². The summed E-state index contributed by atoms with van der Waals surface area (Å²) in [6, 6.07) is 1.10. The van der Waals surface area contributed by atoms with Crippen molar-refractivity contribution in [2.45, 2.75) is 19.8 Å². The number of nitrogens with zero attached hydrogens (tertiary/aromatic N) is 1. The molecule has 4 nitrogen and oxygen atoms in total. The minimum Gasteiger partial charge on any atom is -0.508 e. The van der Waals surface area contributed by atoms with Crippen molar-refractivity contribution in [3.05, 3.63) is 23.8 Å². The average Bonchev–Trinajstić information content (AvgIpc) is 2.07. The molecule has 6 heteroatoms. The van der Waals surface area contributed by atoms with E-state index in [1.807, 2.05) is 0 Å². The van der Waals surface area contributed by atoms with Crippen LogP contribution in [-0.2, 0) is 0 Å². The van der Waals surface area contributed by atoms with Gasteiger partial charge in [0.1, 0.15) is 0 Å². The van der Waals surface area contributed by atoms with Crippen LogP contribution in [0.1, 0.15) is 25.5 Å². The van der Waals surface area contributed by atoms with E-state index in [1.54, 1.807) is 13.8 Å². The molecule has 0 radical (unpaired) electrons. The van der Waals surface area contributed by atoms with E-state index in [9.17, 15) is 4.39 Å². The lowest BCUT2D eigenvalue weighted by Gasteiger charge is -2.12. The molecule has 0 aromatic carbocycles. The number of halogens is 1. The maximum Gasteiger partial charge on any atom is 0.707 e. The standard InChI is InChI=1S/C8H11BFNO3/c1-5(2)7-8(14-9(12)13)6(10)3-4-11-7/h3-5,12-13H,1-2H3. The van der Waals surface area contributed by atoms with Crippen molar-refractivity contribution in [1.29, 1.82) is 0 Å². The van der Waals surface area contributed by atoms with E-state index in [4.69, 9.17) is 10.0 Å². The van der Waals surface area contributed by atoms with Gasteiger partial charge in [0.2, 0.25) is 0 Å². The van der Waals surface area contributed by atoms with E-state index < -0.39 is 13.1 Å². The lowest BCUT2D eigenvalue weighted by Crippen LogP contribution is -2.22. The lowest BCUT2D eigenvalue weighted by atomic mass is 10.1. The predicted molar refractivity (Wildman–Crippen MR) is 49.1 cm³/mol. The lowest BCUT2D eigenvalue weighted by molar-refractivity contribution is 0.279. The van der Waals surface area contributed by atoms with Gasteiger partial charge in [-0.25, -0.2) is 4.39 Å². The van der Waals surface area contributed by atoms with Gasteiger partial charge in [-0.15, -0.1) is 0 Å². The highest BCUT2D eigenvalue weighted by Gasteiger charge is 2.20. The maximum atomic E-state index is 13.2. The van der Waals surface area contributed by atoms with Crippen molar-refractivity contribution in [2.75, 3.05) is 0 Å². The molecule has 2 N–H and O–H groups in total. The second-order valence-electron chi connectivity index (χ2n) is 3.11. The van der Waals surface area contributed by atoms with Crippen molar-refractivity contribution in [1.82, 2.24) is 4.98 Å². The molecule has 0 saturated carbocycles. The molecule has 0 saturated heterocycles. The van der Waals surface area contributed by atoms with Gasteiger partial charge in [0.05, 0.1) is 5.69 Å². The molecule has 1 heterocycles. The molecule has 0 atom stereocenters. The highest BCUT2D eigenvalue weighted by molar-refractivity contribution is 6.33. The molecule has 0 amide bonds. The maximum absolute atomic E-state index is 13.2. The molecular formula is C8H11BFNO3. The quantitative estimate of drug-likeness (QED) is 0.703. The first-order valence-electron chi connectivity index (χ1n) is 4.19. The molecule has 0 bridgehead atoms. The Balaban J connectivity index is 3.09. The van der Waals surface area contributed by atoms with Crippen LogP contribution in [0.25, 0.3) is 0 Å². The molecule has 76 valence electrons. The Morgan fingerprint density at radius 3 is 2.64 bits per heavy atom. The van der Waals surface area contributed by atoms with Gasteiger partial charge in [-0.3, -0.25) is 4.98 Å². The third-order valence-electron chi connectivity index (χ3n) is 1.65. The third-order valence-corrected chi connectivity index (χ3v) is 1.65. The number of pyridine rings is 1. The Kier molecular flexibility index (Phi) is 3.43. The van der Waals surface area contributed by atoms with Crippen molar-refractivity contribution in [2.24, 2.45) is 0 Å². The van der Waals surface area contributed by atoms with Gasteiger partial charge in [-0.2, -0.15) is 0 Å². The first-order valence-corrected chi connectivity index (χ1v) is 4.19. The Bertz CT molecular complexity index is 319. The Morgan fingerprint density at radius 1 is 1.50 bits per heavy atom. The Morgan fingerprint density at radius 2 is 2.14 bits per heavy atom. The summed E-state index contributed by atoms with van der Waals surface area (Å²) in [6.07, 6.45) is 1.31. The molecular weight excluding hydrogens is 188 g/mol. The second kappa shape index (κ2) is 4.39. The summed E-state index contributed by atoms with van der Waals surface area (Å²) in [5, 5.41) is 17.2. The molecule has 0 aliphatic heterocycles. The van der Waals surface area contributed by atoms with Gasteiger partial charge in [0, 0.05) is 6.20 Å². The molecule has 0 unspecified atom stereocenters. The number of hydrogen-bond acceptors (Lipinski definition) is 4. The Hall–Kier alpha value is -1.14. The summed E-state index contributed by atoms with van der Waals surface area (Å²) in [7, 11) is -2.04. The third kappa shape index (κ3) is 2.43. The number of hydrogen-bond donors (Lipinski definition) is 2. The summed E-state index contributed by atoms with van der Waals surface area (Å²) in [5.74, 6) is -0.922. The number of rotatable bonds is 3. The van der Waals surface area contributed by atoms with Crippen molar-refractivity contribution in [3.63, 3.8) is 0 Å². The summed E-state index contributed by atoms with van der Waals surface area (Å²) in [4.78, 5) is 3.90. The SMILES string of the molecule is CC(C)c1nccc(F)c1OB(O)O. The van der Waals surface area contributed by atoms with Gasteiger partial charge in [0.25, 0.3) is 0 Å². The van der Waals surface area contributed by atoms with E-state index in [-0.39, 0.29) is 11.7 Å². The zero-order chi connectivity index (χ0) is 10.7. The monoisotopic (exact) mass is 199 g/mol. The normalized spacial score (nSPS) is 10.4. The smallest absolute Gasteiger partial charge is 0.508 e. The molecule has 0 aliphatic carbocycles. The topological polar surface area (TPSA) is 62.6 Å². The zero-order valence-electron chi connectivity index (χ0n) is 7.94. The summed E-state index contributed by atoms with van der Waals surface area (Å²) in [6.45, 7) is 3.61. The van der Waals surface area contributed by atoms with E-state index >= 15 is 0 Å². The minimum atomic E-state index is -2.04. The highest BCUT2D eigenvalue weighted by atomic mass is 19.1. The first-order chi connectivity index (χ1) is 6.52. The summed E-state index contributed by atoms with van der Waals surface area (Å²) in [5.41, 5.74) is 0.359. The van der Waals surface area contributed by atoms with E-state index in [0.717, 1.165) is 6.07 Å². The summed E-state index contributed by atoms with van der Waals surface area (Å²) < 4.78 is 17.7. The van der Waals surface area contributed by atoms with Crippen LogP contribution < -0.4 is 4.65 Å². The van der Waals surface area contributed by atoms with Crippen LogP contribution in [0.15, 0.2) is 12.3 Å². The average molecular weight is 199 g/mol. The van der Waals surface area contributed by atoms with Gasteiger partial charge in [-0.05, 0) is 12.0 Å². The fourth-order valence-corrected chi connectivity index (χ4v) is 1.07. The molecule has 1 aromatic rings. The van der Waals surface area contributed by atoms with E-state index in [1.165, 1.54) is 6.20 Å². The first kappa shape index (κ1) is 10.9. The zero-order valence-corrected chi connectivity index (χ0v) is 7.94. The van der Waals surface area contributed by atoms with Crippen LogP contribution >= 0.6 is 0 Å². The van der Waals surface area contributed by atoms with Crippen molar-refractivity contribution in [3.8, 4) is 5.75 Å². The second-order valence-corrected chi connectivity index (χ2v) is 3.11. The van der Waals surface area contributed by atoms with Gasteiger partial charge in [-0.1, -0.05) is 13.8 Å². The molecule has 0 spiro atoms. The molecule has 1 aromatic heterocycles. The summed E-state index contributed by atoms with van der Waals surface area (Å²) >= 11 is 0. The fourth-order valence-electron chi connectivity index (χ4n) is 1.07. The van der Waals surface area contributed by atoms with Crippen LogP contribution in [0.4, 0.5) is 4.39 Å². The van der Waals surface area contributed by atoms with Crippen LogP contribution in [-0.4, -0.2) is 22.4 Å². The molecule has 0 fully saturated rings. The van der Waals surface area contributed by atoms with Gasteiger partial charge >= 0.3 is 7.32 Å². The van der Waals surface area contributed by atoms with E-state index in [0.29, 0.717) is 5.69 Å². The van der Waals surface area contributed by atoms with Crippen LogP contribution in [0.3, 0.4) is 0 Å². The molecule has 0 aliphatic rings. The van der Waals surface area contributed by atoms with Crippen LogP contribution in [0, 0.1) is 5.82 Å². The highest BCUT2D eigenvalue weighted by Crippen LogP contribution is 2.26.